The minimum atomic E-state index is -1.22. The van der Waals surface area contributed by atoms with E-state index < -0.39 is 22.2 Å². The summed E-state index contributed by atoms with van der Waals surface area (Å²) in [6.07, 6.45) is 0. The molecule has 6 heteroatoms. The summed E-state index contributed by atoms with van der Waals surface area (Å²) in [6, 6.07) is 1.34. The highest BCUT2D eigenvalue weighted by Gasteiger charge is 2.17. The molecule has 14 heavy (non-hydrogen) atoms. The first kappa shape index (κ1) is 10.4. The molecule has 0 aliphatic carbocycles. The van der Waals surface area contributed by atoms with E-state index in [9.17, 15) is 18.9 Å². The molecular weight excluding hydrogens is 194 g/mol. The molecule has 0 unspecified atom stereocenters. The van der Waals surface area contributed by atoms with Crippen LogP contribution in [0.5, 0.6) is 0 Å². The molecule has 1 N–H and O–H groups in total. The third kappa shape index (κ3) is 1.95. The average molecular weight is 202 g/mol. The Morgan fingerprint density at radius 3 is 2.50 bits per heavy atom. The molecule has 0 saturated heterocycles. The Hall–Kier alpha value is -1.72. The van der Waals surface area contributed by atoms with Gasteiger partial charge in [0.2, 0.25) is 0 Å². The van der Waals surface area contributed by atoms with Gasteiger partial charge in [-0.05, 0) is 6.92 Å². The second kappa shape index (κ2) is 3.99. The maximum Gasteiger partial charge on any atom is 0.295 e. The number of hydrogen-bond donors (Lipinski definition) is 1. The molecule has 4 nitrogen and oxygen atoms in total. The van der Waals surface area contributed by atoms with E-state index in [0.717, 1.165) is 6.07 Å². The largest absolute Gasteiger partial charge is 0.380 e. The van der Waals surface area contributed by atoms with Crippen molar-refractivity contribution >= 4 is 11.4 Å². The van der Waals surface area contributed by atoms with E-state index in [1.165, 1.54) is 0 Å². The van der Waals surface area contributed by atoms with Crippen molar-refractivity contribution in [2.75, 3.05) is 11.9 Å². The number of nitro groups is 1. The molecule has 0 bridgehead atoms. The molecule has 1 aromatic rings. The van der Waals surface area contributed by atoms with Crippen LogP contribution in [0.25, 0.3) is 0 Å². The van der Waals surface area contributed by atoms with E-state index in [-0.39, 0.29) is 5.69 Å². The fourth-order valence-electron chi connectivity index (χ4n) is 1.02. The summed E-state index contributed by atoms with van der Waals surface area (Å²) in [5.41, 5.74) is -0.484. The molecule has 0 aliphatic rings. The standard InChI is InChI=1S/C8H8F2N2O2/c1-2-11-7-3-5(9)6(10)4-8(7)12(13)14/h3-4,11H,2H2,1H3. The van der Waals surface area contributed by atoms with Gasteiger partial charge in [0.15, 0.2) is 11.6 Å². The van der Waals surface area contributed by atoms with E-state index in [1.54, 1.807) is 6.92 Å². The molecule has 1 aromatic carbocycles. The Kier molecular flexibility index (Phi) is 2.95. The van der Waals surface area contributed by atoms with E-state index in [1.807, 2.05) is 0 Å². The van der Waals surface area contributed by atoms with Crippen molar-refractivity contribution < 1.29 is 13.7 Å². The molecule has 0 amide bonds. The summed E-state index contributed by atoms with van der Waals surface area (Å²) in [5, 5.41) is 13.0. The van der Waals surface area contributed by atoms with Crippen LogP contribution in [0.3, 0.4) is 0 Å². The van der Waals surface area contributed by atoms with Crippen LogP contribution in [-0.2, 0) is 0 Å². The monoisotopic (exact) mass is 202 g/mol. The van der Waals surface area contributed by atoms with E-state index >= 15 is 0 Å². The van der Waals surface area contributed by atoms with E-state index in [4.69, 9.17) is 0 Å². The molecule has 76 valence electrons. The first-order chi connectivity index (χ1) is 6.56. The average Bonchev–Trinajstić information content (AvgIpc) is 2.11. The van der Waals surface area contributed by atoms with Crippen molar-refractivity contribution in [3.8, 4) is 0 Å². The van der Waals surface area contributed by atoms with Crippen molar-refractivity contribution in [1.82, 2.24) is 0 Å². The summed E-state index contributed by atoms with van der Waals surface area (Å²) in [4.78, 5) is 9.67. The second-order valence-electron chi connectivity index (χ2n) is 2.57. The molecule has 0 saturated carbocycles. The lowest BCUT2D eigenvalue weighted by Crippen LogP contribution is -2.02. The van der Waals surface area contributed by atoms with Crippen LogP contribution in [0, 0.1) is 21.7 Å². The predicted octanol–water partition coefficient (Wildman–Crippen LogP) is 2.30. The lowest BCUT2D eigenvalue weighted by molar-refractivity contribution is -0.384. The maximum atomic E-state index is 12.7. The van der Waals surface area contributed by atoms with Gasteiger partial charge in [-0.1, -0.05) is 0 Å². The minimum absolute atomic E-state index is 0.0172. The number of hydrogen-bond acceptors (Lipinski definition) is 3. The smallest absolute Gasteiger partial charge is 0.295 e. The maximum absolute atomic E-state index is 12.7. The van der Waals surface area contributed by atoms with Gasteiger partial charge < -0.3 is 5.32 Å². The Labute approximate surface area is 78.7 Å². The SMILES string of the molecule is CCNc1cc(F)c(F)cc1[N+](=O)[O-]. The van der Waals surface area contributed by atoms with Crippen LogP contribution in [-0.4, -0.2) is 11.5 Å². The molecule has 0 heterocycles. The Morgan fingerprint density at radius 2 is 2.00 bits per heavy atom. The van der Waals surface area contributed by atoms with Crippen molar-refractivity contribution in [3.05, 3.63) is 33.9 Å². The van der Waals surface area contributed by atoms with Gasteiger partial charge in [0, 0.05) is 12.6 Å². The van der Waals surface area contributed by atoms with Crippen molar-refractivity contribution in [1.29, 1.82) is 0 Å². The molecule has 0 fully saturated rings. The molecule has 0 radical (unpaired) electrons. The summed E-state index contributed by atoms with van der Waals surface area (Å²) < 4.78 is 25.4. The van der Waals surface area contributed by atoms with E-state index in [2.05, 4.69) is 5.32 Å². The zero-order valence-electron chi connectivity index (χ0n) is 7.38. The summed E-state index contributed by atoms with van der Waals surface area (Å²) >= 11 is 0. The molecule has 0 spiro atoms. The quantitative estimate of drug-likeness (QED) is 0.604. The molecule has 0 aliphatic heterocycles. The van der Waals surface area contributed by atoms with Crippen LogP contribution in [0.2, 0.25) is 0 Å². The number of halogens is 2. The van der Waals surface area contributed by atoms with Crippen LogP contribution >= 0.6 is 0 Å². The number of nitrogens with one attached hydrogen (secondary N) is 1. The fraction of sp³-hybridized carbons (Fsp3) is 0.250. The fourth-order valence-corrected chi connectivity index (χ4v) is 1.02. The number of nitro benzene ring substituents is 1. The highest BCUT2D eigenvalue weighted by atomic mass is 19.2. The number of nitrogens with zero attached hydrogens (tertiary/aromatic N) is 1. The van der Waals surface area contributed by atoms with Gasteiger partial charge in [-0.25, -0.2) is 8.78 Å². The Bertz CT molecular complexity index is 369. The van der Waals surface area contributed by atoms with Gasteiger partial charge in [0.25, 0.3) is 5.69 Å². The van der Waals surface area contributed by atoms with Crippen LogP contribution in [0.4, 0.5) is 20.2 Å². The second-order valence-corrected chi connectivity index (χ2v) is 2.57. The van der Waals surface area contributed by atoms with Gasteiger partial charge in [-0.15, -0.1) is 0 Å². The highest BCUT2D eigenvalue weighted by Crippen LogP contribution is 2.26. The van der Waals surface area contributed by atoms with Crippen LogP contribution < -0.4 is 5.32 Å². The van der Waals surface area contributed by atoms with Gasteiger partial charge >= 0.3 is 0 Å². The zero-order chi connectivity index (χ0) is 10.7. The van der Waals surface area contributed by atoms with Gasteiger partial charge in [0.1, 0.15) is 5.69 Å². The normalized spacial score (nSPS) is 9.93. The highest BCUT2D eigenvalue weighted by molar-refractivity contribution is 5.61. The molecular formula is C8H8F2N2O2. The van der Waals surface area contributed by atoms with Crippen molar-refractivity contribution in [2.24, 2.45) is 0 Å². The van der Waals surface area contributed by atoms with Gasteiger partial charge in [-0.3, -0.25) is 10.1 Å². The third-order valence-electron chi connectivity index (χ3n) is 1.60. The topological polar surface area (TPSA) is 55.2 Å². The summed E-state index contributed by atoms with van der Waals surface area (Å²) in [6.45, 7) is 2.09. The molecule has 0 aromatic heterocycles. The van der Waals surface area contributed by atoms with Crippen molar-refractivity contribution in [2.45, 2.75) is 6.92 Å². The zero-order valence-corrected chi connectivity index (χ0v) is 7.38. The van der Waals surface area contributed by atoms with Gasteiger partial charge in [-0.2, -0.15) is 0 Å². The minimum Gasteiger partial charge on any atom is -0.380 e. The number of rotatable bonds is 3. The predicted molar refractivity (Wildman–Crippen MR) is 47.2 cm³/mol. The third-order valence-corrected chi connectivity index (χ3v) is 1.60. The summed E-state index contributed by atoms with van der Waals surface area (Å²) in [7, 11) is 0. The lowest BCUT2D eigenvalue weighted by atomic mass is 10.2. The van der Waals surface area contributed by atoms with Crippen LogP contribution in [0.1, 0.15) is 6.92 Å². The van der Waals surface area contributed by atoms with Crippen LogP contribution in [0.15, 0.2) is 12.1 Å². The molecule has 1 rings (SSSR count). The Balaban J connectivity index is 3.24. The molecule has 0 atom stereocenters. The van der Waals surface area contributed by atoms with E-state index in [0.29, 0.717) is 12.6 Å². The number of anilines is 1. The first-order valence-corrected chi connectivity index (χ1v) is 3.93. The van der Waals surface area contributed by atoms with Crippen molar-refractivity contribution in [3.63, 3.8) is 0 Å². The Morgan fingerprint density at radius 1 is 1.43 bits per heavy atom. The summed E-state index contributed by atoms with van der Waals surface area (Å²) in [5.74, 6) is -2.33. The first-order valence-electron chi connectivity index (χ1n) is 3.93. The number of benzene rings is 1. The lowest BCUT2D eigenvalue weighted by Gasteiger charge is -2.04. The van der Waals surface area contributed by atoms with Gasteiger partial charge in [0.05, 0.1) is 11.0 Å².